The zero-order valence-corrected chi connectivity index (χ0v) is 11.9. The van der Waals surface area contributed by atoms with Crippen LogP contribution in [0.1, 0.15) is 47.3 Å². The SMILES string of the molecule is Cc1nn(C)c(=O)c(C(=O)N2CCCCCC2)c1C. The van der Waals surface area contributed by atoms with Gasteiger partial charge in [0.25, 0.3) is 11.5 Å². The fraction of sp³-hybridized carbons (Fsp3) is 0.643. The largest absolute Gasteiger partial charge is 0.338 e. The molecule has 1 fully saturated rings. The molecule has 0 N–H and O–H groups in total. The molecule has 0 saturated carbocycles. The number of likely N-dealkylation sites (tertiary alicyclic amines) is 1. The van der Waals surface area contributed by atoms with Gasteiger partial charge in [-0.2, -0.15) is 5.10 Å². The fourth-order valence-electron chi connectivity index (χ4n) is 2.53. The standard InChI is InChI=1S/C14H21N3O2/c1-10-11(2)15-16(3)13(18)12(10)14(19)17-8-6-4-5-7-9-17/h4-9H2,1-3H3. The first-order chi connectivity index (χ1) is 9.02. The van der Waals surface area contributed by atoms with Crippen molar-refractivity contribution in [2.24, 2.45) is 7.05 Å². The number of nitrogens with zero attached hydrogens (tertiary/aromatic N) is 3. The number of rotatable bonds is 1. The first-order valence-electron chi connectivity index (χ1n) is 6.86. The van der Waals surface area contributed by atoms with Crippen LogP contribution in [0.25, 0.3) is 0 Å². The Labute approximate surface area is 113 Å². The molecular formula is C14H21N3O2. The Morgan fingerprint density at radius 3 is 2.26 bits per heavy atom. The summed E-state index contributed by atoms with van der Waals surface area (Å²) >= 11 is 0. The normalized spacial score (nSPS) is 16.3. The molecule has 104 valence electrons. The number of amides is 1. The summed E-state index contributed by atoms with van der Waals surface area (Å²) in [4.78, 5) is 26.6. The van der Waals surface area contributed by atoms with E-state index in [1.165, 1.54) is 4.68 Å². The summed E-state index contributed by atoms with van der Waals surface area (Å²) in [6.45, 7) is 5.13. The van der Waals surface area contributed by atoms with Crippen molar-refractivity contribution in [3.05, 3.63) is 27.2 Å². The molecule has 2 heterocycles. The molecule has 1 aromatic rings. The maximum absolute atomic E-state index is 12.6. The molecule has 5 heteroatoms. The van der Waals surface area contributed by atoms with Crippen LogP contribution in [-0.2, 0) is 7.05 Å². The van der Waals surface area contributed by atoms with Gasteiger partial charge in [-0.25, -0.2) is 4.68 Å². The van der Waals surface area contributed by atoms with E-state index in [-0.39, 0.29) is 17.0 Å². The van der Waals surface area contributed by atoms with Crippen LogP contribution in [0.3, 0.4) is 0 Å². The third-order valence-electron chi connectivity index (χ3n) is 3.83. The Balaban J connectivity index is 2.40. The molecule has 0 atom stereocenters. The van der Waals surface area contributed by atoms with Crippen molar-refractivity contribution in [1.29, 1.82) is 0 Å². The van der Waals surface area contributed by atoms with E-state index in [0.717, 1.165) is 44.5 Å². The van der Waals surface area contributed by atoms with Gasteiger partial charge in [0, 0.05) is 20.1 Å². The van der Waals surface area contributed by atoms with Crippen molar-refractivity contribution in [3.63, 3.8) is 0 Å². The molecular weight excluding hydrogens is 242 g/mol. The van der Waals surface area contributed by atoms with Crippen LogP contribution in [-0.4, -0.2) is 33.7 Å². The first-order valence-corrected chi connectivity index (χ1v) is 6.86. The highest BCUT2D eigenvalue weighted by molar-refractivity contribution is 5.95. The van der Waals surface area contributed by atoms with Gasteiger partial charge in [-0.3, -0.25) is 9.59 Å². The number of hydrogen-bond donors (Lipinski definition) is 0. The van der Waals surface area contributed by atoms with E-state index >= 15 is 0 Å². The Hall–Kier alpha value is -1.65. The maximum atomic E-state index is 12.6. The average molecular weight is 263 g/mol. The monoisotopic (exact) mass is 263 g/mol. The second-order valence-corrected chi connectivity index (χ2v) is 5.22. The van der Waals surface area contributed by atoms with Crippen molar-refractivity contribution in [1.82, 2.24) is 14.7 Å². The molecule has 1 amide bonds. The Kier molecular flexibility index (Phi) is 4.02. The van der Waals surface area contributed by atoms with E-state index in [1.807, 2.05) is 11.8 Å². The third-order valence-corrected chi connectivity index (χ3v) is 3.83. The number of carbonyl (C=O) groups excluding carboxylic acids is 1. The highest BCUT2D eigenvalue weighted by Gasteiger charge is 2.23. The molecule has 19 heavy (non-hydrogen) atoms. The van der Waals surface area contributed by atoms with Gasteiger partial charge in [0.2, 0.25) is 0 Å². The Morgan fingerprint density at radius 2 is 1.68 bits per heavy atom. The lowest BCUT2D eigenvalue weighted by atomic mass is 10.1. The summed E-state index contributed by atoms with van der Waals surface area (Å²) in [6, 6.07) is 0. The second-order valence-electron chi connectivity index (χ2n) is 5.22. The van der Waals surface area contributed by atoms with Crippen molar-refractivity contribution in [2.75, 3.05) is 13.1 Å². The van der Waals surface area contributed by atoms with E-state index < -0.39 is 0 Å². The summed E-state index contributed by atoms with van der Waals surface area (Å²) in [7, 11) is 1.59. The molecule has 5 nitrogen and oxygen atoms in total. The zero-order chi connectivity index (χ0) is 14.0. The van der Waals surface area contributed by atoms with Gasteiger partial charge >= 0.3 is 0 Å². The number of aryl methyl sites for hydroxylation is 2. The topological polar surface area (TPSA) is 55.2 Å². The van der Waals surface area contributed by atoms with Crippen LogP contribution in [0.2, 0.25) is 0 Å². The minimum Gasteiger partial charge on any atom is -0.338 e. The minimum atomic E-state index is -0.294. The molecule has 0 aromatic carbocycles. The lowest BCUT2D eigenvalue weighted by Crippen LogP contribution is -2.38. The van der Waals surface area contributed by atoms with E-state index in [0.29, 0.717) is 5.56 Å². The van der Waals surface area contributed by atoms with E-state index in [1.54, 1.807) is 14.0 Å². The van der Waals surface area contributed by atoms with Crippen LogP contribution < -0.4 is 5.56 Å². The van der Waals surface area contributed by atoms with Crippen LogP contribution in [0, 0.1) is 13.8 Å². The van der Waals surface area contributed by atoms with Crippen molar-refractivity contribution in [2.45, 2.75) is 39.5 Å². The van der Waals surface area contributed by atoms with Crippen molar-refractivity contribution in [3.8, 4) is 0 Å². The smallest absolute Gasteiger partial charge is 0.279 e. The van der Waals surface area contributed by atoms with E-state index in [2.05, 4.69) is 5.10 Å². The molecule has 0 aliphatic carbocycles. The number of hydrogen-bond acceptors (Lipinski definition) is 3. The summed E-state index contributed by atoms with van der Waals surface area (Å²) < 4.78 is 1.26. The predicted octanol–water partition coefficient (Wildman–Crippen LogP) is 1.41. The molecule has 0 radical (unpaired) electrons. The van der Waals surface area contributed by atoms with Crippen molar-refractivity contribution < 1.29 is 4.79 Å². The van der Waals surface area contributed by atoms with Gasteiger partial charge in [0.1, 0.15) is 5.56 Å². The van der Waals surface area contributed by atoms with Crippen LogP contribution >= 0.6 is 0 Å². The Morgan fingerprint density at radius 1 is 1.11 bits per heavy atom. The molecule has 1 aliphatic rings. The lowest BCUT2D eigenvalue weighted by molar-refractivity contribution is 0.0758. The quantitative estimate of drug-likeness (QED) is 0.770. The summed E-state index contributed by atoms with van der Waals surface area (Å²) in [5.74, 6) is -0.134. The van der Waals surface area contributed by atoms with Gasteiger partial charge in [0.05, 0.1) is 5.69 Å². The van der Waals surface area contributed by atoms with E-state index in [4.69, 9.17) is 0 Å². The van der Waals surface area contributed by atoms with Crippen LogP contribution in [0.5, 0.6) is 0 Å². The molecule has 0 spiro atoms. The molecule has 1 aromatic heterocycles. The van der Waals surface area contributed by atoms with E-state index in [9.17, 15) is 9.59 Å². The molecule has 0 unspecified atom stereocenters. The van der Waals surface area contributed by atoms with Gasteiger partial charge in [-0.15, -0.1) is 0 Å². The number of carbonyl (C=O) groups is 1. The fourth-order valence-corrected chi connectivity index (χ4v) is 2.53. The van der Waals surface area contributed by atoms with Crippen LogP contribution in [0.15, 0.2) is 4.79 Å². The Bertz CT molecular complexity index is 540. The highest BCUT2D eigenvalue weighted by Crippen LogP contribution is 2.14. The van der Waals surface area contributed by atoms with Crippen LogP contribution in [0.4, 0.5) is 0 Å². The molecule has 2 rings (SSSR count). The summed E-state index contributed by atoms with van der Waals surface area (Å²) in [5.41, 5.74) is 1.44. The highest BCUT2D eigenvalue weighted by atomic mass is 16.2. The molecule has 1 aliphatic heterocycles. The van der Waals surface area contributed by atoms with Gasteiger partial charge < -0.3 is 4.90 Å². The average Bonchev–Trinajstić information content (AvgIpc) is 2.65. The summed E-state index contributed by atoms with van der Waals surface area (Å²) in [5, 5.41) is 4.11. The van der Waals surface area contributed by atoms with Gasteiger partial charge in [0.15, 0.2) is 0 Å². The number of aromatic nitrogens is 2. The zero-order valence-electron chi connectivity index (χ0n) is 11.9. The maximum Gasteiger partial charge on any atom is 0.279 e. The van der Waals surface area contributed by atoms with Gasteiger partial charge in [-0.05, 0) is 32.3 Å². The minimum absolute atomic E-state index is 0.134. The van der Waals surface area contributed by atoms with Gasteiger partial charge in [-0.1, -0.05) is 12.8 Å². The lowest BCUT2D eigenvalue weighted by Gasteiger charge is -2.21. The molecule has 1 saturated heterocycles. The summed E-state index contributed by atoms with van der Waals surface area (Å²) in [6.07, 6.45) is 4.37. The van der Waals surface area contributed by atoms with Crippen molar-refractivity contribution >= 4 is 5.91 Å². The third kappa shape index (κ3) is 2.69. The molecule has 0 bridgehead atoms. The predicted molar refractivity (Wildman–Crippen MR) is 73.3 cm³/mol. The second kappa shape index (κ2) is 5.55. The first kappa shape index (κ1) is 13.8.